The van der Waals surface area contributed by atoms with Crippen LogP contribution in [-0.2, 0) is 0 Å². The van der Waals surface area contributed by atoms with Gasteiger partial charge in [-0.25, -0.2) is 4.39 Å². The molecule has 0 saturated carbocycles. The molecule has 100 valence electrons. The lowest BCUT2D eigenvalue weighted by molar-refractivity contribution is 0.0902. The first-order chi connectivity index (χ1) is 8.61. The summed E-state index contributed by atoms with van der Waals surface area (Å²) in [6.07, 6.45) is 3.63. The van der Waals surface area contributed by atoms with Gasteiger partial charge in [0, 0.05) is 17.6 Å². The van der Waals surface area contributed by atoms with Crippen LogP contribution in [-0.4, -0.2) is 23.5 Å². The highest BCUT2D eigenvalue weighted by molar-refractivity contribution is 5.23. The molecule has 0 amide bonds. The summed E-state index contributed by atoms with van der Waals surface area (Å²) in [7, 11) is 0. The number of hydrogen-bond donors (Lipinski definition) is 1. The molecule has 18 heavy (non-hydrogen) atoms. The third-order valence-electron chi connectivity index (χ3n) is 3.93. The first kappa shape index (κ1) is 13.5. The normalized spacial score (nSPS) is 24.8. The van der Waals surface area contributed by atoms with Gasteiger partial charge in [0.15, 0.2) is 0 Å². The van der Waals surface area contributed by atoms with E-state index in [-0.39, 0.29) is 17.9 Å². The molecule has 2 rings (SSSR count). The Bertz CT molecular complexity index is 392. The lowest BCUT2D eigenvalue weighted by Gasteiger charge is -2.41. The topological polar surface area (TPSA) is 29.3 Å². The second kappa shape index (κ2) is 5.81. The van der Waals surface area contributed by atoms with Crippen molar-refractivity contribution in [2.45, 2.75) is 51.2 Å². The first-order valence-electron chi connectivity index (χ1n) is 6.87. The minimum Gasteiger partial charge on any atom is -0.326 e. The van der Waals surface area contributed by atoms with Crippen LogP contribution in [0.1, 0.15) is 44.7 Å². The van der Waals surface area contributed by atoms with E-state index in [4.69, 9.17) is 5.73 Å². The molecule has 3 unspecified atom stereocenters. The zero-order valence-electron chi connectivity index (χ0n) is 11.3. The van der Waals surface area contributed by atoms with Crippen LogP contribution in [0.2, 0.25) is 0 Å². The van der Waals surface area contributed by atoms with Crippen molar-refractivity contribution in [2.24, 2.45) is 5.73 Å². The van der Waals surface area contributed by atoms with E-state index in [1.807, 2.05) is 19.1 Å². The third-order valence-corrected chi connectivity index (χ3v) is 3.93. The van der Waals surface area contributed by atoms with Gasteiger partial charge in [0.25, 0.3) is 0 Å². The van der Waals surface area contributed by atoms with Crippen LogP contribution in [0.15, 0.2) is 24.3 Å². The lowest BCUT2D eigenvalue weighted by Crippen LogP contribution is -2.46. The predicted molar refractivity (Wildman–Crippen MR) is 72.8 cm³/mol. The molecule has 1 aromatic rings. The lowest BCUT2D eigenvalue weighted by atomic mass is 9.93. The Kier molecular flexibility index (Phi) is 4.36. The number of piperidine rings is 1. The number of hydrogen-bond acceptors (Lipinski definition) is 2. The van der Waals surface area contributed by atoms with E-state index in [0.29, 0.717) is 6.04 Å². The van der Waals surface area contributed by atoms with Crippen LogP contribution in [0.4, 0.5) is 4.39 Å². The molecule has 0 radical (unpaired) electrons. The molecule has 0 bridgehead atoms. The Morgan fingerprint density at radius 3 is 2.67 bits per heavy atom. The SMILES string of the molecule is CC(N)C(c1ccccc1F)N1CCCCC1C. The fraction of sp³-hybridized carbons (Fsp3) is 0.600. The van der Waals surface area contributed by atoms with Crippen LogP contribution in [0.25, 0.3) is 0 Å². The molecule has 2 N–H and O–H groups in total. The highest BCUT2D eigenvalue weighted by Crippen LogP contribution is 2.31. The molecular weight excluding hydrogens is 227 g/mol. The standard InChI is InChI=1S/C15H23FN2/c1-11-7-5-6-10-18(11)15(12(2)17)13-8-3-4-9-14(13)16/h3-4,8-9,11-12,15H,5-7,10,17H2,1-2H3. The largest absolute Gasteiger partial charge is 0.326 e. The van der Waals surface area contributed by atoms with Crippen molar-refractivity contribution in [3.63, 3.8) is 0 Å². The Labute approximate surface area is 109 Å². The van der Waals surface area contributed by atoms with Crippen molar-refractivity contribution >= 4 is 0 Å². The highest BCUT2D eigenvalue weighted by Gasteiger charge is 2.31. The summed E-state index contributed by atoms with van der Waals surface area (Å²) in [5.41, 5.74) is 6.86. The molecule has 1 saturated heterocycles. The predicted octanol–water partition coefficient (Wildman–Crippen LogP) is 3.09. The molecule has 1 aromatic carbocycles. The van der Waals surface area contributed by atoms with Gasteiger partial charge in [0.1, 0.15) is 5.82 Å². The van der Waals surface area contributed by atoms with Crippen LogP contribution in [0.5, 0.6) is 0 Å². The molecule has 1 aliphatic heterocycles. The van der Waals surface area contributed by atoms with E-state index in [1.165, 1.54) is 25.3 Å². The number of nitrogens with zero attached hydrogens (tertiary/aromatic N) is 1. The molecule has 0 aliphatic carbocycles. The van der Waals surface area contributed by atoms with E-state index in [2.05, 4.69) is 11.8 Å². The van der Waals surface area contributed by atoms with Gasteiger partial charge in [0.05, 0.1) is 6.04 Å². The Morgan fingerprint density at radius 2 is 2.06 bits per heavy atom. The van der Waals surface area contributed by atoms with Crippen molar-refractivity contribution in [3.05, 3.63) is 35.6 Å². The summed E-state index contributed by atoms with van der Waals surface area (Å²) in [4.78, 5) is 2.37. The maximum Gasteiger partial charge on any atom is 0.128 e. The van der Waals surface area contributed by atoms with Crippen LogP contribution in [0, 0.1) is 5.82 Å². The second-order valence-electron chi connectivity index (χ2n) is 5.41. The summed E-state index contributed by atoms with van der Waals surface area (Å²) < 4.78 is 14.0. The third kappa shape index (κ3) is 2.73. The summed E-state index contributed by atoms with van der Waals surface area (Å²) in [6.45, 7) is 5.20. The molecule has 0 spiro atoms. The average Bonchev–Trinajstić information content (AvgIpc) is 2.34. The van der Waals surface area contributed by atoms with Crippen LogP contribution >= 0.6 is 0 Å². The summed E-state index contributed by atoms with van der Waals surface area (Å²) in [5.74, 6) is -0.141. The van der Waals surface area contributed by atoms with E-state index in [9.17, 15) is 4.39 Å². The molecule has 1 aliphatic rings. The molecule has 2 nitrogen and oxygen atoms in total. The van der Waals surface area contributed by atoms with Gasteiger partial charge in [-0.1, -0.05) is 24.6 Å². The van der Waals surface area contributed by atoms with E-state index >= 15 is 0 Å². The van der Waals surface area contributed by atoms with Crippen molar-refractivity contribution in [1.82, 2.24) is 4.90 Å². The van der Waals surface area contributed by atoms with E-state index in [1.54, 1.807) is 6.07 Å². The number of halogens is 1. The average molecular weight is 250 g/mol. The quantitative estimate of drug-likeness (QED) is 0.893. The van der Waals surface area contributed by atoms with Gasteiger partial charge in [-0.15, -0.1) is 0 Å². The van der Waals surface area contributed by atoms with Crippen molar-refractivity contribution < 1.29 is 4.39 Å². The Hall–Kier alpha value is -0.930. The summed E-state index contributed by atoms with van der Waals surface area (Å²) in [5, 5.41) is 0. The van der Waals surface area contributed by atoms with E-state index < -0.39 is 0 Å². The molecular formula is C15H23FN2. The number of rotatable bonds is 3. The first-order valence-corrected chi connectivity index (χ1v) is 6.87. The smallest absolute Gasteiger partial charge is 0.128 e. The van der Waals surface area contributed by atoms with Crippen molar-refractivity contribution in [2.75, 3.05) is 6.54 Å². The Morgan fingerprint density at radius 1 is 1.33 bits per heavy atom. The number of benzene rings is 1. The van der Waals surface area contributed by atoms with Gasteiger partial charge in [-0.3, -0.25) is 4.90 Å². The Balaban J connectivity index is 2.31. The van der Waals surface area contributed by atoms with Gasteiger partial charge < -0.3 is 5.73 Å². The zero-order valence-corrected chi connectivity index (χ0v) is 11.3. The van der Waals surface area contributed by atoms with Crippen molar-refractivity contribution in [1.29, 1.82) is 0 Å². The second-order valence-corrected chi connectivity index (χ2v) is 5.41. The fourth-order valence-electron chi connectivity index (χ4n) is 3.01. The van der Waals surface area contributed by atoms with Gasteiger partial charge >= 0.3 is 0 Å². The van der Waals surface area contributed by atoms with Gasteiger partial charge in [-0.05, 0) is 39.3 Å². The molecule has 3 atom stereocenters. The summed E-state index contributed by atoms with van der Waals surface area (Å²) in [6, 6.07) is 7.42. The van der Waals surface area contributed by atoms with Crippen LogP contribution in [0.3, 0.4) is 0 Å². The minimum atomic E-state index is -0.141. The molecule has 1 fully saturated rings. The van der Waals surface area contributed by atoms with E-state index in [0.717, 1.165) is 12.1 Å². The minimum absolute atomic E-state index is 0.0125. The summed E-state index contributed by atoms with van der Waals surface area (Å²) >= 11 is 0. The van der Waals surface area contributed by atoms with Gasteiger partial charge in [0.2, 0.25) is 0 Å². The van der Waals surface area contributed by atoms with Crippen molar-refractivity contribution in [3.8, 4) is 0 Å². The maximum absolute atomic E-state index is 14.0. The number of nitrogens with two attached hydrogens (primary N) is 1. The monoisotopic (exact) mass is 250 g/mol. The molecule has 3 heteroatoms. The molecule has 1 heterocycles. The number of likely N-dealkylation sites (tertiary alicyclic amines) is 1. The fourth-order valence-corrected chi connectivity index (χ4v) is 3.01. The zero-order chi connectivity index (χ0) is 13.1. The maximum atomic E-state index is 14.0. The van der Waals surface area contributed by atoms with Crippen LogP contribution < -0.4 is 5.73 Å². The highest BCUT2D eigenvalue weighted by atomic mass is 19.1. The molecule has 0 aromatic heterocycles. The van der Waals surface area contributed by atoms with Gasteiger partial charge in [-0.2, -0.15) is 0 Å².